The van der Waals surface area contributed by atoms with Gasteiger partial charge in [-0.15, -0.1) is 0 Å². The van der Waals surface area contributed by atoms with Crippen molar-refractivity contribution in [2.45, 2.75) is 20.3 Å². The second-order valence-corrected chi connectivity index (χ2v) is 7.67. The molecule has 1 aliphatic rings. The van der Waals surface area contributed by atoms with Gasteiger partial charge in [0.2, 0.25) is 0 Å². The largest absolute Gasteiger partial charge is 0.492 e. The number of aryl methyl sites for hydroxylation is 1. The quantitative estimate of drug-likeness (QED) is 0.524. The van der Waals surface area contributed by atoms with Crippen LogP contribution in [0.4, 0.5) is 5.69 Å². The maximum absolute atomic E-state index is 13.4. The van der Waals surface area contributed by atoms with E-state index in [0.717, 1.165) is 11.1 Å². The number of imide groups is 1. The molecule has 0 fully saturated rings. The lowest BCUT2D eigenvalue weighted by Crippen LogP contribution is -2.34. The highest BCUT2D eigenvalue weighted by molar-refractivity contribution is 6.36. The minimum atomic E-state index is -0.326. The van der Waals surface area contributed by atoms with E-state index in [1.165, 1.54) is 4.90 Å². The van der Waals surface area contributed by atoms with Crippen LogP contribution in [0.25, 0.3) is 5.57 Å². The van der Waals surface area contributed by atoms with Crippen molar-refractivity contribution >= 4 is 23.1 Å². The Morgan fingerprint density at radius 1 is 0.844 bits per heavy atom. The molecular weight excluding hydrogens is 400 g/mol. The molecule has 0 saturated heterocycles. The molecule has 2 amide bonds. The lowest BCUT2D eigenvalue weighted by Gasteiger charge is -2.16. The number of benzene rings is 3. The van der Waals surface area contributed by atoms with Crippen LogP contribution in [-0.2, 0) is 16.0 Å². The van der Waals surface area contributed by atoms with Crippen molar-refractivity contribution in [1.29, 1.82) is 0 Å². The van der Waals surface area contributed by atoms with Gasteiger partial charge in [-0.2, -0.15) is 0 Å². The first-order chi connectivity index (χ1) is 15.6. The van der Waals surface area contributed by atoms with E-state index in [0.29, 0.717) is 42.1 Å². The number of hydrogen-bond acceptors (Lipinski definition) is 4. The summed E-state index contributed by atoms with van der Waals surface area (Å²) in [7, 11) is 0. The van der Waals surface area contributed by atoms with Crippen LogP contribution in [-0.4, -0.2) is 29.9 Å². The second kappa shape index (κ2) is 9.52. The number of nitrogens with one attached hydrogen (secondary N) is 1. The number of anilines is 1. The van der Waals surface area contributed by atoms with Crippen LogP contribution in [0.5, 0.6) is 5.75 Å². The lowest BCUT2D eigenvalue weighted by atomic mass is 10.0. The van der Waals surface area contributed by atoms with Crippen molar-refractivity contribution in [2.24, 2.45) is 0 Å². The summed E-state index contributed by atoms with van der Waals surface area (Å²) in [5, 5.41) is 3.21. The Kier molecular flexibility index (Phi) is 6.36. The molecule has 32 heavy (non-hydrogen) atoms. The van der Waals surface area contributed by atoms with Gasteiger partial charge in [0.15, 0.2) is 0 Å². The molecule has 5 nitrogen and oxygen atoms in total. The van der Waals surface area contributed by atoms with E-state index >= 15 is 0 Å². The van der Waals surface area contributed by atoms with Gasteiger partial charge >= 0.3 is 0 Å². The van der Waals surface area contributed by atoms with Crippen LogP contribution in [0.2, 0.25) is 0 Å². The van der Waals surface area contributed by atoms with Gasteiger partial charge in [-0.25, -0.2) is 0 Å². The Morgan fingerprint density at radius 2 is 1.53 bits per heavy atom. The molecule has 0 aliphatic carbocycles. The Hall–Kier alpha value is -3.86. The minimum Gasteiger partial charge on any atom is -0.492 e. The molecule has 4 rings (SSSR count). The fourth-order valence-electron chi connectivity index (χ4n) is 3.75. The van der Waals surface area contributed by atoms with Gasteiger partial charge in [0.1, 0.15) is 11.4 Å². The van der Waals surface area contributed by atoms with Gasteiger partial charge in [-0.3, -0.25) is 14.5 Å². The van der Waals surface area contributed by atoms with E-state index < -0.39 is 0 Å². The fourth-order valence-corrected chi connectivity index (χ4v) is 3.75. The summed E-state index contributed by atoms with van der Waals surface area (Å²) < 4.78 is 5.70. The van der Waals surface area contributed by atoms with Gasteiger partial charge in [0.25, 0.3) is 11.8 Å². The highest BCUT2D eigenvalue weighted by Crippen LogP contribution is 2.33. The number of amides is 2. The Bertz CT molecular complexity index is 1150. The van der Waals surface area contributed by atoms with E-state index in [-0.39, 0.29) is 17.5 Å². The molecule has 1 aliphatic heterocycles. The number of para-hydroxylation sites is 2. The molecule has 3 aromatic carbocycles. The van der Waals surface area contributed by atoms with Crippen LogP contribution in [0.1, 0.15) is 23.6 Å². The Morgan fingerprint density at radius 3 is 2.25 bits per heavy atom. The first-order valence-corrected chi connectivity index (χ1v) is 10.8. The number of carbonyl (C=O) groups is 2. The topological polar surface area (TPSA) is 58.6 Å². The van der Waals surface area contributed by atoms with Crippen molar-refractivity contribution in [3.63, 3.8) is 0 Å². The summed E-state index contributed by atoms with van der Waals surface area (Å²) in [6, 6.07) is 24.9. The molecule has 1 heterocycles. The molecule has 0 spiro atoms. The predicted molar refractivity (Wildman–Crippen MR) is 126 cm³/mol. The zero-order chi connectivity index (χ0) is 22.5. The fraction of sp³-hybridized carbons (Fsp3) is 0.185. The Balaban J connectivity index is 1.69. The molecule has 3 aromatic rings. The lowest BCUT2D eigenvalue weighted by molar-refractivity contribution is -0.136. The molecule has 5 heteroatoms. The molecule has 0 saturated carbocycles. The van der Waals surface area contributed by atoms with Crippen molar-refractivity contribution in [3.05, 3.63) is 101 Å². The zero-order valence-electron chi connectivity index (χ0n) is 18.3. The Labute approximate surface area is 188 Å². The van der Waals surface area contributed by atoms with Crippen molar-refractivity contribution in [3.8, 4) is 5.75 Å². The average molecular weight is 427 g/mol. The summed E-state index contributed by atoms with van der Waals surface area (Å²) in [6.45, 7) is 4.71. The summed E-state index contributed by atoms with van der Waals surface area (Å²) in [5.74, 6) is 0.0210. The van der Waals surface area contributed by atoms with E-state index in [2.05, 4.69) is 5.32 Å². The van der Waals surface area contributed by atoms with Crippen molar-refractivity contribution in [2.75, 3.05) is 18.5 Å². The first kappa shape index (κ1) is 21.4. The van der Waals surface area contributed by atoms with Gasteiger partial charge in [0, 0.05) is 6.54 Å². The highest BCUT2D eigenvalue weighted by atomic mass is 16.5. The van der Waals surface area contributed by atoms with Gasteiger partial charge in [0.05, 0.1) is 17.9 Å². The summed E-state index contributed by atoms with van der Waals surface area (Å²) in [5.41, 5.74) is 4.19. The summed E-state index contributed by atoms with van der Waals surface area (Å²) >= 11 is 0. The average Bonchev–Trinajstić information content (AvgIpc) is 3.04. The van der Waals surface area contributed by atoms with Crippen LogP contribution in [0.3, 0.4) is 0 Å². The van der Waals surface area contributed by atoms with Gasteiger partial charge in [-0.1, -0.05) is 72.3 Å². The smallest absolute Gasteiger partial charge is 0.278 e. The second-order valence-electron chi connectivity index (χ2n) is 7.67. The number of rotatable bonds is 8. The van der Waals surface area contributed by atoms with Gasteiger partial charge < -0.3 is 10.1 Å². The maximum Gasteiger partial charge on any atom is 0.278 e. The molecule has 162 valence electrons. The third-order valence-electron chi connectivity index (χ3n) is 5.42. The number of ether oxygens (including phenoxy) is 1. The first-order valence-electron chi connectivity index (χ1n) is 10.8. The third kappa shape index (κ3) is 4.42. The van der Waals surface area contributed by atoms with E-state index in [4.69, 9.17) is 4.74 Å². The van der Waals surface area contributed by atoms with Crippen LogP contribution in [0.15, 0.2) is 84.6 Å². The summed E-state index contributed by atoms with van der Waals surface area (Å²) in [6.07, 6.45) is 0.600. The molecule has 0 aromatic heterocycles. The zero-order valence-corrected chi connectivity index (χ0v) is 18.3. The molecular formula is C27H26N2O3. The van der Waals surface area contributed by atoms with Crippen molar-refractivity contribution in [1.82, 2.24) is 4.90 Å². The van der Waals surface area contributed by atoms with Gasteiger partial charge in [-0.05, 0) is 43.5 Å². The van der Waals surface area contributed by atoms with Crippen LogP contribution >= 0.6 is 0 Å². The van der Waals surface area contributed by atoms with E-state index in [9.17, 15) is 9.59 Å². The molecule has 1 N–H and O–H groups in total. The molecule has 0 atom stereocenters. The standard InChI is InChI=1S/C27H26N2O3/c1-3-32-23-12-8-7-11-22(23)28-25-24(21-15-13-19(2)14-16-21)26(30)29(27(25)31)18-17-20-9-5-4-6-10-20/h4-16,28H,3,17-18H2,1-2H3. The number of hydrogen-bond donors (Lipinski definition) is 1. The van der Waals surface area contributed by atoms with E-state index in [1.54, 1.807) is 0 Å². The minimum absolute atomic E-state index is 0.277. The summed E-state index contributed by atoms with van der Waals surface area (Å²) in [4.78, 5) is 28.1. The highest BCUT2D eigenvalue weighted by Gasteiger charge is 2.39. The SMILES string of the molecule is CCOc1ccccc1NC1=C(c2ccc(C)cc2)C(=O)N(CCc2ccccc2)C1=O. The molecule has 0 radical (unpaired) electrons. The van der Waals surface area contributed by atoms with E-state index in [1.807, 2.05) is 92.7 Å². The number of nitrogens with zero attached hydrogens (tertiary/aromatic N) is 1. The van der Waals surface area contributed by atoms with Crippen LogP contribution in [0, 0.1) is 6.92 Å². The predicted octanol–water partition coefficient (Wildman–Crippen LogP) is 4.83. The normalized spacial score (nSPS) is 13.6. The molecule has 0 bridgehead atoms. The maximum atomic E-state index is 13.4. The number of carbonyl (C=O) groups excluding carboxylic acids is 2. The molecule has 0 unspecified atom stereocenters. The third-order valence-corrected chi connectivity index (χ3v) is 5.42. The van der Waals surface area contributed by atoms with Crippen LogP contribution < -0.4 is 10.1 Å². The monoisotopic (exact) mass is 426 g/mol. The van der Waals surface area contributed by atoms with Crippen molar-refractivity contribution < 1.29 is 14.3 Å².